The summed E-state index contributed by atoms with van der Waals surface area (Å²) in [6, 6.07) is 5.22. The van der Waals surface area contributed by atoms with E-state index in [-0.39, 0.29) is 11.7 Å². The molecule has 3 rings (SSSR count). The Morgan fingerprint density at radius 1 is 1.42 bits per heavy atom. The summed E-state index contributed by atoms with van der Waals surface area (Å²) in [5.74, 6) is 0.0299. The summed E-state index contributed by atoms with van der Waals surface area (Å²) < 4.78 is 30.6. The monoisotopic (exact) mass is 331 g/mol. The molecular weight excluding hydrogens is 312 g/mol. The van der Waals surface area contributed by atoms with E-state index in [1.54, 1.807) is 24.5 Å². The van der Waals surface area contributed by atoms with E-state index in [2.05, 4.69) is 4.98 Å². The third kappa shape index (κ3) is 3.23. The third-order valence-electron chi connectivity index (χ3n) is 4.08. The maximum absolute atomic E-state index is 14.8. The zero-order valence-electron chi connectivity index (χ0n) is 13.7. The molecule has 2 aromatic rings. The van der Waals surface area contributed by atoms with Crippen molar-refractivity contribution < 1.29 is 23.5 Å². The summed E-state index contributed by atoms with van der Waals surface area (Å²) in [4.78, 5) is 4.21. The molecule has 0 saturated carbocycles. The van der Waals surface area contributed by atoms with Gasteiger partial charge < -0.3 is 19.2 Å². The van der Waals surface area contributed by atoms with Crippen molar-refractivity contribution in [1.29, 1.82) is 0 Å². The Morgan fingerprint density at radius 2 is 2.25 bits per heavy atom. The lowest BCUT2D eigenvalue weighted by molar-refractivity contribution is 0.292. The number of rotatable bonds is 5. The van der Waals surface area contributed by atoms with Crippen LogP contribution in [0.25, 0.3) is 11.1 Å². The minimum Gasteiger partial charge on any atom is -0.490 e. The first-order valence-electron chi connectivity index (χ1n) is 7.88. The minimum absolute atomic E-state index is 0.0557. The molecule has 1 aromatic heterocycles. The molecule has 1 saturated heterocycles. The Kier molecular flexibility index (Phi) is 5.01. The first kappa shape index (κ1) is 16.7. The van der Waals surface area contributed by atoms with Crippen molar-refractivity contribution in [3.8, 4) is 22.6 Å². The smallest absolute Gasteiger partial charge is 0.454 e. The predicted octanol–water partition coefficient (Wildman–Crippen LogP) is 2.89. The van der Waals surface area contributed by atoms with E-state index in [1.807, 2.05) is 13.0 Å². The number of halogens is 1. The second kappa shape index (κ2) is 7.19. The lowest BCUT2D eigenvalue weighted by Crippen LogP contribution is -2.07. The first-order valence-corrected chi connectivity index (χ1v) is 7.88. The zero-order chi connectivity index (χ0) is 17.1. The van der Waals surface area contributed by atoms with Crippen molar-refractivity contribution in [2.75, 3.05) is 20.3 Å². The molecule has 0 radical (unpaired) electrons. The molecule has 0 spiro atoms. The number of ether oxygens (including phenoxy) is 2. The first-order chi connectivity index (χ1) is 11.6. The number of hydrogen-bond donors (Lipinski definition) is 1. The fraction of sp³-hybridized carbons (Fsp3) is 0.353. The van der Waals surface area contributed by atoms with Crippen LogP contribution in [0.2, 0.25) is 6.32 Å². The molecule has 7 heteroatoms. The molecule has 5 nitrogen and oxygen atoms in total. The van der Waals surface area contributed by atoms with E-state index < -0.39 is 12.9 Å². The van der Waals surface area contributed by atoms with Crippen molar-refractivity contribution in [3.63, 3.8) is 0 Å². The largest absolute Gasteiger partial charge is 0.490 e. The van der Waals surface area contributed by atoms with Crippen LogP contribution in [0.1, 0.15) is 18.4 Å². The van der Waals surface area contributed by atoms with Gasteiger partial charge in [0.2, 0.25) is 0 Å². The van der Waals surface area contributed by atoms with Gasteiger partial charge in [0.1, 0.15) is 0 Å². The maximum atomic E-state index is 14.8. The van der Waals surface area contributed by atoms with Gasteiger partial charge in [-0.2, -0.15) is 0 Å². The second-order valence-corrected chi connectivity index (χ2v) is 5.62. The highest BCUT2D eigenvalue weighted by atomic mass is 19.1. The fourth-order valence-electron chi connectivity index (χ4n) is 2.89. The van der Waals surface area contributed by atoms with Crippen LogP contribution in [0.5, 0.6) is 11.5 Å². The predicted molar refractivity (Wildman–Crippen MR) is 88.8 cm³/mol. The zero-order valence-corrected chi connectivity index (χ0v) is 13.7. The average Bonchev–Trinajstić information content (AvgIpc) is 3.02. The van der Waals surface area contributed by atoms with Gasteiger partial charge in [-0.3, -0.25) is 4.98 Å². The molecular formula is C17H19BFNO4. The van der Waals surface area contributed by atoms with Gasteiger partial charge in [-0.25, -0.2) is 4.39 Å². The molecule has 1 aromatic carbocycles. The van der Waals surface area contributed by atoms with E-state index >= 15 is 0 Å². The van der Waals surface area contributed by atoms with E-state index in [9.17, 15) is 9.41 Å². The summed E-state index contributed by atoms with van der Waals surface area (Å²) in [7, 11) is 0.664. The van der Waals surface area contributed by atoms with Crippen molar-refractivity contribution in [1.82, 2.24) is 4.98 Å². The SMILES string of the molecule is CCOc1ccc(-c2cncc(C3COB(O)C3)c2)c(F)c1OC. The Morgan fingerprint density at radius 3 is 2.92 bits per heavy atom. The molecule has 1 unspecified atom stereocenters. The molecule has 1 N–H and O–H groups in total. The van der Waals surface area contributed by atoms with Gasteiger partial charge in [0.15, 0.2) is 17.3 Å². The molecule has 1 atom stereocenters. The molecule has 1 aliphatic heterocycles. The number of methoxy groups -OCH3 is 1. The van der Waals surface area contributed by atoms with Crippen LogP contribution >= 0.6 is 0 Å². The van der Waals surface area contributed by atoms with Gasteiger partial charge in [-0.15, -0.1) is 0 Å². The van der Waals surface area contributed by atoms with Crippen molar-refractivity contribution in [3.05, 3.63) is 42.0 Å². The number of aromatic nitrogens is 1. The molecule has 2 heterocycles. The summed E-state index contributed by atoms with van der Waals surface area (Å²) in [5.41, 5.74) is 1.95. The van der Waals surface area contributed by atoms with Gasteiger partial charge in [0, 0.05) is 36.0 Å². The highest BCUT2D eigenvalue weighted by Crippen LogP contribution is 2.37. The maximum Gasteiger partial charge on any atom is 0.454 e. The lowest BCUT2D eigenvalue weighted by Gasteiger charge is -2.14. The third-order valence-corrected chi connectivity index (χ3v) is 4.08. The van der Waals surface area contributed by atoms with Crippen molar-refractivity contribution in [2.24, 2.45) is 0 Å². The molecule has 0 aliphatic carbocycles. The molecule has 24 heavy (non-hydrogen) atoms. The Labute approximate surface area is 140 Å². The van der Waals surface area contributed by atoms with Crippen LogP contribution in [0.4, 0.5) is 4.39 Å². The quantitative estimate of drug-likeness (QED) is 0.854. The van der Waals surface area contributed by atoms with Crippen LogP contribution in [-0.2, 0) is 4.65 Å². The summed E-state index contributed by atoms with van der Waals surface area (Å²) in [5, 5.41) is 9.51. The van der Waals surface area contributed by atoms with Gasteiger partial charge in [0.05, 0.1) is 13.7 Å². The van der Waals surface area contributed by atoms with Crippen LogP contribution in [0.3, 0.4) is 0 Å². The molecule has 0 bridgehead atoms. The molecule has 126 valence electrons. The van der Waals surface area contributed by atoms with Crippen molar-refractivity contribution >= 4 is 7.12 Å². The molecule has 1 fully saturated rings. The number of benzene rings is 1. The van der Waals surface area contributed by atoms with Gasteiger partial charge in [-0.1, -0.05) is 0 Å². The topological polar surface area (TPSA) is 60.8 Å². The van der Waals surface area contributed by atoms with E-state index in [1.165, 1.54) is 7.11 Å². The number of hydrogen-bond acceptors (Lipinski definition) is 5. The van der Waals surface area contributed by atoms with E-state index in [0.717, 1.165) is 5.56 Å². The number of nitrogens with zero attached hydrogens (tertiary/aromatic N) is 1. The van der Waals surface area contributed by atoms with Gasteiger partial charge >= 0.3 is 7.12 Å². The number of pyridine rings is 1. The van der Waals surface area contributed by atoms with Crippen molar-refractivity contribution in [2.45, 2.75) is 19.2 Å². The Bertz CT molecular complexity index is 728. The van der Waals surface area contributed by atoms with Crippen LogP contribution < -0.4 is 9.47 Å². The Hall–Kier alpha value is -2.12. The Balaban J connectivity index is 1.97. The standard InChI is InChI=1S/C17H19BFNO4/c1-3-23-15-5-4-14(16(19)17(15)22-2)12-6-11(8-20-9-12)13-7-18(21)24-10-13/h4-6,8-9,13,21H,3,7,10H2,1-2H3. The van der Waals surface area contributed by atoms with E-state index in [0.29, 0.717) is 36.4 Å². The van der Waals surface area contributed by atoms with Crippen LogP contribution in [0.15, 0.2) is 30.6 Å². The van der Waals surface area contributed by atoms with Crippen LogP contribution in [-0.4, -0.2) is 37.4 Å². The van der Waals surface area contributed by atoms with E-state index in [4.69, 9.17) is 14.1 Å². The highest BCUT2D eigenvalue weighted by molar-refractivity contribution is 6.43. The van der Waals surface area contributed by atoms with Crippen LogP contribution in [0, 0.1) is 5.82 Å². The lowest BCUT2D eigenvalue weighted by atomic mass is 9.80. The fourth-order valence-corrected chi connectivity index (χ4v) is 2.89. The molecule has 1 aliphatic rings. The van der Waals surface area contributed by atoms with Gasteiger partial charge in [-0.05, 0) is 37.0 Å². The van der Waals surface area contributed by atoms with Gasteiger partial charge in [0.25, 0.3) is 0 Å². The summed E-state index contributed by atoms with van der Waals surface area (Å²) in [6.07, 6.45) is 3.84. The second-order valence-electron chi connectivity index (χ2n) is 5.62. The highest BCUT2D eigenvalue weighted by Gasteiger charge is 2.30. The molecule has 0 amide bonds. The minimum atomic E-state index is -0.749. The summed E-state index contributed by atoms with van der Waals surface area (Å²) >= 11 is 0. The normalized spacial score (nSPS) is 17.2. The average molecular weight is 331 g/mol. The summed E-state index contributed by atoms with van der Waals surface area (Å²) in [6.45, 7) is 2.69.